The lowest BCUT2D eigenvalue weighted by atomic mass is 10.3. The van der Waals surface area contributed by atoms with E-state index in [0.717, 1.165) is 5.39 Å². The molecular formula is C7H4ClN3. The lowest BCUT2D eigenvalue weighted by Crippen LogP contribution is -1.85. The summed E-state index contributed by atoms with van der Waals surface area (Å²) < 4.78 is 0. The maximum atomic E-state index is 5.77. The summed E-state index contributed by atoms with van der Waals surface area (Å²) in [5, 5.41) is 1.24. The van der Waals surface area contributed by atoms with E-state index in [1.807, 2.05) is 6.07 Å². The molecule has 0 amide bonds. The quantitative estimate of drug-likeness (QED) is 0.558. The van der Waals surface area contributed by atoms with E-state index in [1.54, 1.807) is 12.3 Å². The smallest absolute Gasteiger partial charge is 0.164 e. The topological polar surface area (TPSA) is 38.7 Å². The van der Waals surface area contributed by atoms with Crippen LogP contribution >= 0.6 is 11.6 Å². The van der Waals surface area contributed by atoms with Crippen molar-refractivity contribution in [2.45, 2.75) is 0 Å². The first-order chi connectivity index (χ1) is 5.38. The zero-order chi connectivity index (χ0) is 7.68. The summed E-state index contributed by atoms with van der Waals surface area (Å²) in [7, 11) is 0. The van der Waals surface area contributed by atoms with Crippen molar-refractivity contribution < 1.29 is 0 Å². The van der Waals surface area contributed by atoms with E-state index < -0.39 is 0 Å². The number of rotatable bonds is 0. The minimum atomic E-state index is 0.447. The fraction of sp³-hybridized carbons (Fsp3) is 0. The third kappa shape index (κ3) is 1.03. The van der Waals surface area contributed by atoms with Gasteiger partial charge in [0, 0.05) is 6.20 Å². The van der Waals surface area contributed by atoms with E-state index in [4.69, 9.17) is 11.6 Å². The Kier molecular flexibility index (Phi) is 1.43. The van der Waals surface area contributed by atoms with Gasteiger partial charge in [-0.1, -0.05) is 11.6 Å². The standard InChI is InChI=1S/C7H4ClN3/c8-6-5-2-1-3-9-7(5)11-4-10-6/h1-4H. The molecule has 0 bridgehead atoms. The average Bonchev–Trinajstić information content (AvgIpc) is 2.06. The maximum absolute atomic E-state index is 5.77. The zero-order valence-electron chi connectivity index (χ0n) is 5.53. The van der Waals surface area contributed by atoms with E-state index in [-0.39, 0.29) is 0 Å². The van der Waals surface area contributed by atoms with Crippen molar-refractivity contribution in [3.05, 3.63) is 29.8 Å². The van der Waals surface area contributed by atoms with Gasteiger partial charge in [0.05, 0.1) is 5.39 Å². The van der Waals surface area contributed by atoms with Crippen LogP contribution in [0.15, 0.2) is 24.7 Å². The van der Waals surface area contributed by atoms with Crippen molar-refractivity contribution in [1.29, 1.82) is 0 Å². The fourth-order valence-corrected chi connectivity index (χ4v) is 1.06. The summed E-state index contributed by atoms with van der Waals surface area (Å²) in [4.78, 5) is 11.8. The van der Waals surface area contributed by atoms with E-state index in [1.165, 1.54) is 6.33 Å². The molecule has 2 heterocycles. The first-order valence-corrected chi connectivity index (χ1v) is 3.47. The Morgan fingerprint density at radius 1 is 1.18 bits per heavy atom. The Morgan fingerprint density at radius 3 is 2.91 bits per heavy atom. The third-order valence-electron chi connectivity index (χ3n) is 1.36. The highest BCUT2D eigenvalue weighted by atomic mass is 35.5. The van der Waals surface area contributed by atoms with Gasteiger partial charge in [-0.05, 0) is 12.1 Å². The summed E-state index contributed by atoms with van der Waals surface area (Å²) in [6.45, 7) is 0. The van der Waals surface area contributed by atoms with E-state index >= 15 is 0 Å². The zero-order valence-corrected chi connectivity index (χ0v) is 6.28. The highest BCUT2D eigenvalue weighted by molar-refractivity contribution is 6.33. The first kappa shape index (κ1) is 6.49. The van der Waals surface area contributed by atoms with Crippen LogP contribution in [0.2, 0.25) is 5.15 Å². The Morgan fingerprint density at radius 2 is 2.09 bits per heavy atom. The van der Waals surface area contributed by atoms with E-state index in [0.29, 0.717) is 10.8 Å². The van der Waals surface area contributed by atoms with Crippen LogP contribution in [0.3, 0.4) is 0 Å². The predicted molar refractivity (Wildman–Crippen MR) is 42.3 cm³/mol. The van der Waals surface area contributed by atoms with Crippen LogP contribution in [0.25, 0.3) is 11.0 Å². The summed E-state index contributed by atoms with van der Waals surface area (Å²) >= 11 is 5.77. The lowest BCUT2D eigenvalue weighted by molar-refractivity contribution is 1.18. The van der Waals surface area contributed by atoms with E-state index in [2.05, 4.69) is 15.0 Å². The SMILES string of the molecule is Clc1ncnc2ncccc12. The van der Waals surface area contributed by atoms with Crippen molar-refractivity contribution in [1.82, 2.24) is 15.0 Å². The van der Waals surface area contributed by atoms with Gasteiger partial charge in [0.1, 0.15) is 11.5 Å². The van der Waals surface area contributed by atoms with Crippen LogP contribution in [-0.4, -0.2) is 15.0 Å². The Balaban J connectivity index is 2.91. The highest BCUT2D eigenvalue weighted by Crippen LogP contribution is 2.15. The van der Waals surface area contributed by atoms with Crippen molar-refractivity contribution in [3.8, 4) is 0 Å². The van der Waals surface area contributed by atoms with Gasteiger partial charge in [0.2, 0.25) is 0 Å². The predicted octanol–water partition coefficient (Wildman–Crippen LogP) is 1.68. The minimum absolute atomic E-state index is 0.447. The number of halogens is 1. The summed E-state index contributed by atoms with van der Waals surface area (Å²) in [6, 6.07) is 3.64. The molecule has 2 rings (SSSR count). The van der Waals surface area contributed by atoms with Crippen molar-refractivity contribution in [2.24, 2.45) is 0 Å². The number of fused-ring (bicyclic) bond motifs is 1. The molecule has 0 aromatic carbocycles. The van der Waals surface area contributed by atoms with E-state index in [9.17, 15) is 0 Å². The number of hydrogen-bond acceptors (Lipinski definition) is 3. The molecule has 0 spiro atoms. The molecule has 2 aromatic heterocycles. The van der Waals surface area contributed by atoms with Gasteiger partial charge >= 0.3 is 0 Å². The largest absolute Gasteiger partial charge is 0.236 e. The highest BCUT2D eigenvalue weighted by Gasteiger charge is 1.98. The molecule has 3 nitrogen and oxygen atoms in total. The molecule has 11 heavy (non-hydrogen) atoms. The first-order valence-electron chi connectivity index (χ1n) is 3.09. The Labute approximate surface area is 68.1 Å². The van der Waals surface area contributed by atoms with Crippen molar-refractivity contribution in [3.63, 3.8) is 0 Å². The molecule has 0 unspecified atom stereocenters. The molecule has 0 aliphatic rings. The molecule has 54 valence electrons. The second-order valence-corrected chi connectivity index (χ2v) is 2.40. The summed E-state index contributed by atoms with van der Waals surface area (Å²) in [5.74, 6) is 0. The fourth-order valence-electron chi connectivity index (χ4n) is 0.865. The molecule has 0 fully saturated rings. The summed E-state index contributed by atoms with van der Waals surface area (Å²) in [6.07, 6.45) is 3.07. The monoisotopic (exact) mass is 165 g/mol. The number of hydrogen-bond donors (Lipinski definition) is 0. The third-order valence-corrected chi connectivity index (χ3v) is 1.66. The molecule has 0 aliphatic heterocycles. The van der Waals surface area contributed by atoms with Gasteiger partial charge < -0.3 is 0 Å². The van der Waals surface area contributed by atoms with Crippen LogP contribution in [0, 0.1) is 0 Å². The molecule has 0 saturated heterocycles. The summed E-state index contributed by atoms with van der Waals surface area (Å²) in [5.41, 5.74) is 0.632. The maximum Gasteiger partial charge on any atom is 0.164 e. The number of aromatic nitrogens is 3. The molecule has 0 saturated carbocycles. The molecule has 4 heteroatoms. The second-order valence-electron chi connectivity index (χ2n) is 2.04. The normalized spacial score (nSPS) is 10.3. The Hall–Kier alpha value is -1.22. The number of nitrogens with zero attached hydrogens (tertiary/aromatic N) is 3. The van der Waals surface area contributed by atoms with Gasteiger partial charge in [0.15, 0.2) is 5.65 Å². The van der Waals surface area contributed by atoms with Gasteiger partial charge in [-0.2, -0.15) is 0 Å². The van der Waals surface area contributed by atoms with Crippen LogP contribution in [-0.2, 0) is 0 Å². The molecular weight excluding hydrogens is 162 g/mol. The molecule has 0 radical (unpaired) electrons. The van der Waals surface area contributed by atoms with Crippen molar-refractivity contribution in [2.75, 3.05) is 0 Å². The van der Waals surface area contributed by atoms with Crippen molar-refractivity contribution >= 4 is 22.6 Å². The lowest BCUT2D eigenvalue weighted by Gasteiger charge is -1.94. The van der Waals surface area contributed by atoms with Crippen LogP contribution < -0.4 is 0 Å². The van der Waals surface area contributed by atoms with Gasteiger partial charge in [-0.25, -0.2) is 15.0 Å². The molecule has 2 aromatic rings. The average molecular weight is 166 g/mol. The Bertz CT molecular complexity index is 383. The minimum Gasteiger partial charge on any atom is -0.236 e. The van der Waals surface area contributed by atoms with Crippen LogP contribution in [0.4, 0.5) is 0 Å². The molecule has 0 atom stereocenters. The van der Waals surface area contributed by atoms with Crippen LogP contribution in [0.5, 0.6) is 0 Å². The van der Waals surface area contributed by atoms with Crippen LogP contribution in [0.1, 0.15) is 0 Å². The van der Waals surface area contributed by atoms with Gasteiger partial charge in [-0.3, -0.25) is 0 Å². The second kappa shape index (κ2) is 2.43. The molecule has 0 N–H and O–H groups in total. The van der Waals surface area contributed by atoms with Gasteiger partial charge in [-0.15, -0.1) is 0 Å². The molecule has 0 aliphatic carbocycles. The number of pyridine rings is 1. The van der Waals surface area contributed by atoms with Gasteiger partial charge in [0.25, 0.3) is 0 Å².